The number of benzene rings is 1. The quantitative estimate of drug-likeness (QED) is 0.659. The molecule has 2 rings (SSSR count). The number of aryl methyl sites for hydroxylation is 1. The van der Waals surface area contributed by atoms with Crippen LogP contribution in [0.2, 0.25) is 0 Å². The Balaban J connectivity index is 2.48. The molecule has 64 valence electrons. The average Bonchev–Trinajstić information content (AvgIpc) is 2.49. The summed E-state index contributed by atoms with van der Waals surface area (Å²) in [6, 6.07) is 6.11. The summed E-state index contributed by atoms with van der Waals surface area (Å²) in [5.74, 6) is 0.435. The summed E-state index contributed by atoms with van der Waals surface area (Å²) in [6.45, 7) is 0. The van der Waals surface area contributed by atoms with Crippen LogP contribution in [0.25, 0.3) is 0 Å². The zero-order chi connectivity index (χ0) is 8.55. The van der Waals surface area contributed by atoms with Crippen LogP contribution >= 0.6 is 0 Å². The molecule has 0 aliphatic heterocycles. The molecule has 2 heteroatoms. The van der Waals surface area contributed by atoms with Gasteiger partial charge >= 0.3 is 0 Å². The Hall–Kier alpha value is -1.02. The molecule has 0 fully saturated rings. The molecule has 1 aromatic carbocycles. The minimum Gasteiger partial charge on any atom is -0.508 e. The van der Waals surface area contributed by atoms with Gasteiger partial charge in [-0.05, 0) is 31.5 Å². The average molecular weight is 163 g/mol. The lowest BCUT2D eigenvalue weighted by molar-refractivity contribution is 0.456. The molecule has 0 spiro atoms. The van der Waals surface area contributed by atoms with Gasteiger partial charge in [0, 0.05) is 11.6 Å². The van der Waals surface area contributed by atoms with Crippen LogP contribution in [0.15, 0.2) is 18.2 Å². The minimum atomic E-state index is 0.348. The topological polar surface area (TPSA) is 32.3 Å². The fourth-order valence-electron chi connectivity index (χ4n) is 1.95. The highest BCUT2D eigenvalue weighted by Gasteiger charge is 2.23. The van der Waals surface area contributed by atoms with E-state index in [9.17, 15) is 5.11 Å². The maximum atomic E-state index is 9.59. The van der Waals surface area contributed by atoms with Crippen LogP contribution in [0.1, 0.15) is 23.6 Å². The Morgan fingerprint density at radius 2 is 2.33 bits per heavy atom. The van der Waals surface area contributed by atoms with Crippen molar-refractivity contribution in [2.24, 2.45) is 0 Å². The summed E-state index contributed by atoms with van der Waals surface area (Å²) >= 11 is 0. The molecule has 1 atom stereocenters. The predicted molar refractivity (Wildman–Crippen MR) is 48.2 cm³/mol. The van der Waals surface area contributed by atoms with Crippen molar-refractivity contribution in [1.82, 2.24) is 5.32 Å². The van der Waals surface area contributed by atoms with Gasteiger partial charge in [0.15, 0.2) is 0 Å². The van der Waals surface area contributed by atoms with Crippen molar-refractivity contribution >= 4 is 0 Å². The fraction of sp³-hybridized carbons (Fsp3) is 0.400. The molecule has 0 unspecified atom stereocenters. The van der Waals surface area contributed by atoms with E-state index in [1.165, 1.54) is 5.56 Å². The van der Waals surface area contributed by atoms with Crippen molar-refractivity contribution < 1.29 is 5.11 Å². The molecule has 0 saturated carbocycles. The van der Waals surface area contributed by atoms with Crippen molar-refractivity contribution in [3.05, 3.63) is 29.3 Å². The summed E-state index contributed by atoms with van der Waals surface area (Å²) in [4.78, 5) is 0. The Bertz CT molecular complexity index is 296. The lowest BCUT2D eigenvalue weighted by Crippen LogP contribution is -2.12. The van der Waals surface area contributed by atoms with E-state index in [-0.39, 0.29) is 0 Å². The molecule has 2 nitrogen and oxygen atoms in total. The van der Waals surface area contributed by atoms with Gasteiger partial charge in [0.1, 0.15) is 5.75 Å². The van der Waals surface area contributed by atoms with Crippen molar-refractivity contribution in [1.29, 1.82) is 0 Å². The van der Waals surface area contributed by atoms with Gasteiger partial charge in [0.05, 0.1) is 0 Å². The monoisotopic (exact) mass is 163 g/mol. The first kappa shape index (κ1) is 7.62. The Kier molecular flexibility index (Phi) is 1.77. The molecule has 0 bridgehead atoms. The van der Waals surface area contributed by atoms with Crippen molar-refractivity contribution in [2.75, 3.05) is 7.05 Å². The highest BCUT2D eigenvalue weighted by molar-refractivity contribution is 5.44. The number of rotatable bonds is 1. The third-order valence-electron chi connectivity index (χ3n) is 2.57. The first-order chi connectivity index (χ1) is 5.83. The minimum absolute atomic E-state index is 0.348. The molecule has 1 aromatic rings. The van der Waals surface area contributed by atoms with Crippen molar-refractivity contribution in [3.63, 3.8) is 0 Å². The molecule has 0 aromatic heterocycles. The molecule has 2 N–H and O–H groups in total. The second-order valence-electron chi connectivity index (χ2n) is 3.23. The Morgan fingerprint density at radius 1 is 1.50 bits per heavy atom. The second kappa shape index (κ2) is 2.79. The highest BCUT2D eigenvalue weighted by atomic mass is 16.3. The van der Waals surface area contributed by atoms with E-state index in [4.69, 9.17) is 0 Å². The van der Waals surface area contributed by atoms with Crippen LogP contribution in [0, 0.1) is 0 Å². The molecule has 12 heavy (non-hydrogen) atoms. The van der Waals surface area contributed by atoms with E-state index in [1.54, 1.807) is 6.07 Å². The van der Waals surface area contributed by atoms with Gasteiger partial charge < -0.3 is 10.4 Å². The smallest absolute Gasteiger partial charge is 0.120 e. The van der Waals surface area contributed by atoms with Crippen molar-refractivity contribution in [3.8, 4) is 5.75 Å². The summed E-state index contributed by atoms with van der Waals surface area (Å²) in [5, 5.41) is 12.8. The highest BCUT2D eigenvalue weighted by Crippen LogP contribution is 2.36. The number of nitrogens with one attached hydrogen (secondary N) is 1. The van der Waals surface area contributed by atoms with Crippen LogP contribution in [0.5, 0.6) is 5.75 Å². The van der Waals surface area contributed by atoms with Gasteiger partial charge in [0.25, 0.3) is 0 Å². The molecular weight excluding hydrogens is 150 g/mol. The zero-order valence-corrected chi connectivity index (χ0v) is 7.17. The van der Waals surface area contributed by atoms with Crippen LogP contribution in [-0.4, -0.2) is 12.2 Å². The standard InChI is InChI=1S/C10H13NO/c1-11-8-6-5-7-3-2-4-9(12)10(7)8/h2-4,8,11-12H,5-6H2,1H3/t8-/m1/s1. The summed E-state index contributed by atoms with van der Waals surface area (Å²) in [7, 11) is 1.94. The van der Waals surface area contributed by atoms with E-state index < -0.39 is 0 Å². The third kappa shape index (κ3) is 0.994. The number of fused-ring (bicyclic) bond motifs is 1. The lowest BCUT2D eigenvalue weighted by Gasteiger charge is -2.10. The lowest BCUT2D eigenvalue weighted by atomic mass is 10.1. The van der Waals surface area contributed by atoms with Gasteiger partial charge in [-0.2, -0.15) is 0 Å². The number of hydrogen-bond acceptors (Lipinski definition) is 2. The predicted octanol–water partition coefficient (Wildman–Crippen LogP) is 1.60. The van der Waals surface area contributed by atoms with Crippen LogP contribution in [-0.2, 0) is 6.42 Å². The van der Waals surface area contributed by atoms with E-state index in [0.717, 1.165) is 18.4 Å². The van der Waals surface area contributed by atoms with E-state index in [2.05, 4.69) is 11.4 Å². The third-order valence-corrected chi connectivity index (χ3v) is 2.57. The number of aromatic hydroxyl groups is 1. The number of hydrogen-bond donors (Lipinski definition) is 2. The van der Waals surface area contributed by atoms with Gasteiger partial charge in [-0.1, -0.05) is 12.1 Å². The van der Waals surface area contributed by atoms with Crippen LogP contribution < -0.4 is 5.32 Å². The summed E-state index contributed by atoms with van der Waals surface area (Å²) < 4.78 is 0. The molecule has 0 amide bonds. The van der Waals surface area contributed by atoms with Crippen molar-refractivity contribution in [2.45, 2.75) is 18.9 Å². The fourth-order valence-corrected chi connectivity index (χ4v) is 1.95. The van der Waals surface area contributed by atoms with Crippen LogP contribution in [0.4, 0.5) is 0 Å². The molecule has 0 heterocycles. The zero-order valence-electron chi connectivity index (χ0n) is 7.17. The summed E-state index contributed by atoms with van der Waals surface area (Å²) in [6.07, 6.45) is 2.18. The second-order valence-corrected chi connectivity index (χ2v) is 3.23. The van der Waals surface area contributed by atoms with E-state index >= 15 is 0 Å². The van der Waals surface area contributed by atoms with E-state index in [0.29, 0.717) is 11.8 Å². The molecule has 0 radical (unpaired) electrons. The first-order valence-corrected chi connectivity index (χ1v) is 4.31. The Labute approximate surface area is 72.2 Å². The maximum absolute atomic E-state index is 9.59. The molecule has 0 saturated heterocycles. The SMILES string of the molecule is CN[C@@H]1CCc2cccc(O)c21. The summed E-state index contributed by atoms with van der Waals surface area (Å²) in [5.41, 5.74) is 2.38. The number of phenols is 1. The van der Waals surface area contributed by atoms with Crippen LogP contribution in [0.3, 0.4) is 0 Å². The van der Waals surface area contributed by atoms with Gasteiger partial charge in [0.2, 0.25) is 0 Å². The van der Waals surface area contributed by atoms with Gasteiger partial charge in [-0.25, -0.2) is 0 Å². The first-order valence-electron chi connectivity index (χ1n) is 4.31. The normalized spacial score (nSPS) is 20.9. The van der Waals surface area contributed by atoms with E-state index in [1.807, 2.05) is 13.1 Å². The largest absolute Gasteiger partial charge is 0.508 e. The Morgan fingerprint density at radius 3 is 3.08 bits per heavy atom. The van der Waals surface area contributed by atoms with Gasteiger partial charge in [-0.15, -0.1) is 0 Å². The molecule has 1 aliphatic rings. The maximum Gasteiger partial charge on any atom is 0.120 e. The number of phenolic OH excluding ortho intramolecular Hbond substituents is 1. The molecular formula is C10H13NO. The van der Waals surface area contributed by atoms with Gasteiger partial charge in [-0.3, -0.25) is 0 Å². The molecule has 1 aliphatic carbocycles.